The summed E-state index contributed by atoms with van der Waals surface area (Å²) in [5.41, 5.74) is 0.588. The second-order valence-corrected chi connectivity index (χ2v) is 6.88. The van der Waals surface area contributed by atoms with Crippen molar-refractivity contribution in [1.82, 2.24) is 0 Å². The molecule has 0 bridgehead atoms. The Balaban J connectivity index is 1.68. The molecule has 152 valence electrons. The van der Waals surface area contributed by atoms with Crippen molar-refractivity contribution in [3.05, 3.63) is 82.6 Å². The van der Waals surface area contributed by atoms with E-state index >= 15 is 0 Å². The fourth-order valence-corrected chi connectivity index (χ4v) is 3.21. The van der Waals surface area contributed by atoms with Crippen molar-refractivity contribution in [2.45, 2.75) is 0 Å². The molecule has 0 spiro atoms. The molecule has 3 aromatic carbocycles. The largest absolute Gasteiger partial charge is 0.486 e. The Labute approximate surface area is 176 Å². The highest BCUT2D eigenvalue weighted by Crippen LogP contribution is 2.37. The van der Waals surface area contributed by atoms with E-state index in [9.17, 15) is 14.0 Å². The van der Waals surface area contributed by atoms with Gasteiger partial charge >= 0.3 is 6.03 Å². The molecule has 30 heavy (non-hydrogen) atoms. The fourth-order valence-electron chi connectivity index (χ4n) is 3.02. The minimum absolute atomic E-state index is 0.0746. The number of anilines is 2. The van der Waals surface area contributed by atoms with E-state index in [-0.39, 0.29) is 16.8 Å². The maximum absolute atomic E-state index is 14.2. The standard InChI is InChI=1S/C22H16ClFN2O4/c23-13-4-3-5-14(10-13)25-22(28)26-18-12-20-19(29-8-9-30-20)11-16(18)21(27)15-6-1-2-7-17(15)24/h1-7,10-12H,8-9H2,(H2,25,26,28). The van der Waals surface area contributed by atoms with Crippen molar-refractivity contribution < 1.29 is 23.5 Å². The zero-order valence-corrected chi connectivity index (χ0v) is 16.3. The minimum Gasteiger partial charge on any atom is -0.486 e. The zero-order chi connectivity index (χ0) is 21.1. The predicted molar refractivity (Wildman–Crippen MR) is 111 cm³/mol. The van der Waals surface area contributed by atoms with Crippen molar-refractivity contribution >= 4 is 34.8 Å². The summed E-state index contributed by atoms with van der Waals surface area (Å²) in [4.78, 5) is 25.5. The lowest BCUT2D eigenvalue weighted by atomic mass is 10.00. The van der Waals surface area contributed by atoms with Crippen LogP contribution in [0.5, 0.6) is 11.5 Å². The molecule has 2 amide bonds. The summed E-state index contributed by atoms with van der Waals surface area (Å²) in [6.07, 6.45) is 0. The highest BCUT2D eigenvalue weighted by atomic mass is 35.5. The molecule has 0 aromatic heterocycles. The molecular formula is C22H16ClFN2O4. The molecule has 0 saturated heterocycles. The smallest absolute Gasteiger partial charge is 0.323 e. The molecule has 4 rings (SSSR count). The number of hydrogen-bond donors (Lipinski definition) is 2. The van der Waals surface area contributed by atoms with Crippen LogP contribution in [0.2, 0.25) is 5.02 Å². The molecule has 0 atom stereocenters. The monoisotopic (exact) mass is 426 g/mol. The highest BCUT2D eigenvalue weighted by Gasteiger charge is 2.23. The molecular weight excluding hydrogens is 411 g/mol. The van der Waals surface area contributed by atoms with Crippen molar-refractivity contribution in [3.8, 4) is 11.5 Å². The average Bonchev–Trinajstić information content (AvgIpc) is 2.73. The number of fused-ring (bicyclic) bond motifs is 1. The summed E-state index contributed by atoms with van der Waals surface area (Å²) < 4.78 is 25.3. The molecule has 1 aliphatic heterocycles. The van der Waals surface area contributed by atoms with Crippen LogP contribution >= 0.6 is 11.6 Å². The summed E-state index contributed by atoms with van der Waals surface area (Å²) >= 11 is 5.94. The maximum atomic E-state index is 14.2. The van der Waals surface area contributed by atoms with Crippen LogP contribution in [-0.2, 0) is 0 Å². The van der Waals surface area contributed by atoms with Crippen molar-refractivity contribution in [3.63, 3.8) is 0 Å². The van der Waals surface area contributed by atoms with E-state index in [4.69, 9.17) is 21.1 Å². The van der Waals surface area contributed by atoms with Gasteiger partial charge in [0.15, 0.2) is 17.3 Å². The second-order valence-electron chi connectivity index (χ2n) is 6.44. The van der Waals surface area contributed by atoms with Gasteiger partial charge in [0.05, 0.1) is 16.8 Å². The van der Waals surface area contributed by atoms with Gasteiger partial charge in [-0.1, -0.05) is 29.8 Å². The zero-order valence-electron chi connectivity index (χ0n) is 15.6. The van der Waals surface area contributed by atoms with Crippen LogP contribution in [0.15, 0.2) is 60.7 Å². The maximum Gasteiger partial charge on any atom is 0.323 e. The van der Waals surface area contributed by atoms with Gasteiger partial charge in [0.2, 0.25) is 0 Å². The number of halogens is 2. The van der Waals surface area contributed by atoms with Gasteiger partial charge in [-0.3, -0.25) is 4.79 Å². The van der Waals surface area contributed by atoms with Gasteiger partial charge in [0.25, 0.3) is 0 Å². The molecule has 6 nitrogen and oxygen atoms in total. The molecule has 8 heteroatoms. The number of amides is 2. The number of ketones is 1. The average molecular weight is 427 g/mol. The summed E-state index contributed by atoms with van der Waals surface area (Å²) in [7, 11) is 0. The van der Waals surface area contributed by atoms with Gasteiger partial charge < -0.3 is 20.1 Å². The van der Waals surface area contributed by atoms with E-state index in [1.165, 1.54) is 30.3 Å². The first kappa shape index (κ1) is 19.7. The van der Waals surface area contributed by atoms with E-state index in [0.717, 1.165) is 0 Å². The predicted octanol–water partition coefficient (Wildman–Crippen LogP) is 5.13. The van der Waals surface area contributed by atoms with Crippen LogP contribution in [-0.4, -0.2) is 25.0 Å². The van der Waals surface area contributed by atoms with E-state index < -0.39 is 17.6 Å². The summed E-state index contributed by atoms with van der Waals surface area (Å²) in [5, 5.41) is 5.72. The molecule has 1 aliphatic rings. The SMILES string of the molecule is O=C(Nc1cccc(Cl)c1)Nc1cc2c(cc1C(=O)c1ccccc1F)OCCO2. The first-order valence-electron chi connectivity index (χ1n) is 9.08. The van der Waals surface area contributed by atoms with E-state index in [1.807, 2.05) is 0 Å². The third-order valence-corrected chi connectivity index (χ3v) is 4.61. The quantitative estimate of drug-likeness (QED) is 0.567. The van der Waals surface area contributed by atoms with E-state index in [1.54, 1.807) is 30.3 Å². The lowest BCUT2D eigenvalue weighted by Gasteiger charge is -2.21. The van der Waals surface area contributed by atoms with Gasteiger partial charge in [-0.2, -0.15) is 0 Å². The van der Waals surface area contributed by atoms with Crippen molar-refractivity contribution in [1.29, 1.82) is 0 Å². The molecule has 0 radical (unpaired) electrons. The first-order valence-corrected chi connectivity index (χ1v) is 9.45. The Kier molecular flexibility index (Phi) is 5.54. The Morgan fingerprint density at radius 1 is 0.867 bits per heavy atom. The number of hydrogen-bond acceptors (Lipinski definition) is 4. The lowest BCUT2D eigenvalue weighted by molar-refractivity contribution is 0.103. The molecule has 2 N–H and O–H groups in total. The van der Waals surface area contributed by atoms with Gasteiger partial charge in [-0.15, -0.1) is 0 Å². The van der Waals surface area contributed by atoms with E-state index in [2.05, 4.69) is 10.6 Å². The number of urea groups is 1. The normalized spacial score (nSPS) is 12.2. The molecule has 1 heterocycles. The van der Waals surface area contributed by atoms with Crippen molar-refractivity contribution in [2.24, 2.45) is 0 Å². The Morgan fingerprint density at radius 2 is 1.60 bits per heavy atom. The number of benzene rings is 3. The third kappa shape index (κ3) is 4.21. The van der Waals surface area contributed by atoms with E-state index in [0.29, 0.717) is 35.4 Å². The topological polar surface area (TPSA) is 76.7 Å². The molecule has 3 aromatic rings. The number of carbonyl (C=O) groups is 2. The van der Waals surface area contributed by atoms with Crippen LogP contribution in [0.4, 0.5) is 20.6 Å². The van der Waals surface area contributed by atoms with Crippen molar-refractivity contribution in [2.75, 3.05) is 23.8 Å². The molecule has 0 unspecified atom stereocenters. The Morgan fingerprint density at radius 3 is 2.33 bits per heavy atom. The third-order valence-electron chi connectivity index (χ3n) is 4.38. The second kappa shape index (κ2) is 8.42. The van der Waals surface area contributed by atoms with Gasteiger partial charge in [0, 0.05) is 16.8 Å². The van der Waals surface area contributed by atoms with Crippen LogP contribution in [0, 0.1) is 5.82 Å². The number of ether oxygens (including phenoxy) is 2. The molecule has 0 saturated carbocycles. The van der Waals surface area contributed by atoms with Gasteiger partial charge in [-0.05, 0) is 36.4 Å². The summed E-state index contributed by atoms with van der Waals surface area (Å²) in [6.45, 7) is 0.657. The fraction of sp³-hybridized carbons (Fsp3) is 0.0909. The van der Waals surface area contributed by atoms with Gasteiger partial charge in [0.1, 0.15) is 19.0 Å². The Bertz CT molecular complexity index is 1140. The van der Waals surface area contributed by atoms with Crippen LogP contribution < -0.4 is 20.1 Å². The lowest BCUT2D eigenvalue weighted by Crippen LogP contribution is -2.22. The van der Waals surface area contributed by atoms with Crippen LogP contribution in [0.25, 0.3) is 0 Å². The summed E-state index contributed by atoms with van der Waals surface area (Å²) in [5.74, 6) is -0.527. The Hall–Kier alpha value is -3.58. The van der Waals surface area contributed by atoms with Gasteiger partial charge in [-0.25, -0.2) is 9.18 Å². The molecule has 0 fully saturated rings. The number of carbonyl (C=O) groups excluding carboxylic acids is 2. The highest BCUT2D eigenvalue weighted by molar-refractivity contribution is 6.31. The number of rotatable bonds is 4. The van der Waals surface area contributed by atoms with Crippen LogP contribution in [0.1, 0.15) is 15.9 Å². The van der Waals surface area contributed by atoms with Crippen LogP contribution in [0.3, 0.4) is 0 Å². The minimum atomic E-state index is -0.660. The summed E-state index contributed by atoms with van der Waals surface area (Å²) in [6, 6.07) is 14.6. The number of nitrogens with one attached hydrogen (secondary N) is 2. The first-order chi connectivity index (χ1) is 14.5. The molecule has 0 aliphatic carbocycles.